The number of hydrogen-bond donors (Lipinski definition) is 0. The Kier molecular flexibility index (Phi) is 23.0. The molecule has 0 bridgehead atoms. The van der Waals surface area contributed by atoms with E-state index < -0.39 is 0 Å². The summed E-state index contributed by atoms with van der Waals surface area (Å²) >= 11 is 0. The smallest absolute Gasteiger partial charge is 0.0414 e. The van der Waals surface area contributed by atoms with Crippen LogP contribution in [0.15, 0.2) is 0 Å². The van der Waals surface area contributed by atoms with Gasteiger partial charge in [0.1, 0.15) is 0 Å². The van der Waals surface area contributed by atoms with Crippen molar-refractivity contribution in [1.82, 2.24) is 0 Å². The first-order valence-corrected chi connectivity index (χ1v) is 12.6. The molecule has 0 aromatic rings. The van der Waals surface area contributed by atoms with Crippen LogP contribution < -0.4 is 0 Å². The zero-order valence-corrected chi connectivity index (χ0v) is 18.8. The molecule has 0 N–H and O–H groups in total. The third-order valence-electron chi connectivity index (χ3n) is 6.09. The van der Waals surface area contributed by atoms with Gasteiger partial charge < -0.3 is 0 Å². The first-order valence-electron chi connectivity index (χ1n) is 12.6. The molecule has 1 atom stereocenters. The molecular weight excluding hydrogens is 312 g/mol. The van der Waals surface area contributed by atoms with Gasteiger partial charge in [-0.2, -0.15) is 0 Å². The van der Waals surface area contributed by atoms with Gasteiger partial charge in [-0.05, 0) is 5.92 Å². The maximum atomic E-state index is 4.20. The van der Waals surface area contributed by atoms with Crippen molar-refractivity contribution in [3.8, 4) is 0 Å². The van der Waals surface area contributed by atoms with Gasteiger partial charge in [0.25, 0.3) is 0 Å². The van der Waals surface area contributed by atoms with Crippen LogP contribution in [0, 0.1) is 12.8 Å². The van der Waals surface area contributed by atoms with Crippen LogP contribution in [0.3, 0.4) is 0 Å². The quantitative estimate of drug-likeness (QED) is 0.167. The molecule has 0 aliphatic carbocycles. The molecule has 0 aromatic carbocycles. The fraction of sp³-hybridized carbons (Fsp3) is 0.962. The second-order valence-corrected chi connectivity index (χ2v) is 8.74. The minimum absolute atomic E-state index is 0.911. The van der Waals surface area contributed by atoms with Crippen LogP contribution in [0.25, 0.3) is 0 Å². The third-order valence-corrected chi connectivity index (χ3v) is 6.09. The molecule has 26 heavy (non-hydrogen) atoms. The molecule has 0 spiro atoms. The Bertz CT molecular complexity index is 232. The maximum absolute atomic E-state index is 4.20. The average molecular weight is 366 g/mol. The van der Waals surface area contributed by atoms with Gasteiger partial charge in [0, 0.05) is 0 Å². The van der Waals surface area contributed by atoms with Crippen molar-refractivity contribution in [3.63, 3.8) is 0 Å². The van der Waals surface area contributed by atoms with E-state index in [1.54, 1.807) is 0 Å². The molecule has 0 heterocycles. The summed E-state index contributed by atoms with van der Waals surface area (Å²) in [6.07, 6.45) is 31.6. The summed E-state index contributed by atoms with van der Waals surface area (Å²) in [5.41, 5.74) is 0. The van der Waals surface area contributed by atoms with Gasteiger partial charge in [-0.1, -0.05) is 162 Å². The Balaban J connectivity index is 3.27. The van der Waals surface area contributed by atoms with Crippen LogP contribution in [-0.2, 0) is 0 Å². The van der Waals surface area contributed by atoms with Crippen molar-refractivity contribution in [3.05, 3.63) is 6.92 Å². The predicted octanol–water partition coefficient (Wildman–Crippen LogP) is 10.1. The number of hydrogen-bond acceptors (Lipinski definition) is 0. The molecule has 157 valence electrons. The minimum Gasteiger partial charge on any atom is -0.0654 e. The maximum Gasteiger partial charge on any atom is -0.0414 e. The summed E-state index contributed by atoms with van der Waals surface area (Å²) in [4.78, 5) is 0. The lowest BCUT2D eigenvalue weighted by atomic mass is 9.92. The van der Waals surface area contributed by atoms with E-state index in [2.05, 4.69) is 20.8 Å². The molecule has 1 unspecified atom stereocenters. The summed E-state index contributed by atoms with van der Waals surface area (Å²) in [5, 5.41) is 0. The van der Waals surface area contributed by atoms with Gasteiger partial charge >= 0.3 is 0 Å². The number of unbranched alkanes of at least 4 members (excludes halogenated alkanes) is 17. The highest BCUT2D eigenvalue weighted by Gasteiger charge is 2.06. The Morgan fingerprint density at radius 3 is 0.962 bits per heavy atom. The third kappa shape index (κ3) is 20.3. The summed E-state index contributed by atoms with van der Waals surface area (Å²) in [5.74, 6) is 0.911. The lowest BCUT2D eigenvalue weighted by Gasteiger charge is -2.14. The van der Waals surface area contributed by atoms with Crippen LogP contribution in [0.2, 0.25) is 0 Å². The largest absolute Gasteiger partial charge is 0.0654 e. The monoisotopic (exact) mass is 365 g/mol. The fourth-order valence-electron chi connectivity index (χ4n) is 4.10. The van der Waals surface area contributed by atoms with E-state index in [9.17, 15) is 0 Å². The molecule has 0 aliphatic rings. The van der Waals surface area contributed by atoms with Gasteiger partial charge in [-0.3, -0.25) is 0 Å². The van der Waals surface area contributed by atoms with E-state index in [-0.39, 0.29) is 0 Å². The molecule has 0 nitrogen and oxygen atoms in total. The van der Waals surface area contributed by atoms with E-state index >= 15 is 0 Å². The first kappa shape index (κ1) is 26.0. The van der Waals surface area contributed by atoms with Crippen molar-refractivity contribution in [1.29, 1.82) is 0 Å². The standard InChI is InChI=1S/C26H53/c1-4-7-9-11-13-15-16-17-19-21-23-25-26(6-3)24-22-20-18-14-12-10-8-5-2/h26H,3-25H2,1-2H3. The van der Waals surface area contributed by atoms with Gasteiger partial charge in [-0.15, -0.1) is 0 Å². The Labute approximate surface area is 168 Å². The molecule has 0 heteroatoms. The highest BCUT2D eigenvalue weighted by molar-refractivity contribution is 4.62. The SMILES string of the molecule is [CH2]CC(CCCCCCCCCC)CCCCCCCCCCCCC. The van der Waals surface area contributed by atoms with Crippen molar-refractivity contribution < 1.29 is 0 Å². The lowest BCUT2D eigenvalue weighted by Crippen LogP contribution is -1.99. The van der Waals surface area contributed by atoms with Crippen LogP contribution in [0.4, 0.5) is 0 Å². The Morgan fingerprint density at radius 1 is 0.423 bits per heavy atom. The van der Waals surface area contributed by atoms with Gasteiger partial charge in [0.15, 0.2) is 0 Å². The molecule has 1 radical (unpaired) electrons. The Morgan fingerprint density at radius 2 is 0.692 bits per heavy atom. The highest BCUT2D eigenvalue weighted by Crippen LogP contribution is 2.21. The zero-order chi connectivity index (χ0) is 19.1. The minimum atomic E-state index is 0.911. The zero-order valence-electron chi connectivity index (χ0n) is 18.8. The molecule has 0 saturated heterocycles. The average Bonchev–Trinajstić information content (AvgIpc) is 2.66. The van der Waals surface area contributed by atoms with Gasteiger partial charge in [0.05, 0.1) is 0 Å². The molecular formula is C26H53. The normalized spacial score (nSPS) is 12.6. The summed E-state index contributed by atoms with van der Waals surface area (Å²) in [6.45, 7) is 8.81. The van der Waals surface area contributed by atoms with Crippen LogP contribution in [0.1, 0.15) is 155 Å². The molecule has 0 amide bonds. The number of rotatable bonds is 22. The van der Waals surface area contributed by atoms with Crippen molar-refractivity contribution in [2.75, 3.05) is 0 Å². The molecule has 0 fully saturated rings. The first-order chi connectivity index (χ1) is 12.8. The van der Waals surface area contributed by atoms with Crippen LogP contribution >= 0.6 is 0 Å². The van der Waals surface area contributed by atoms with Crippen LogP contribution in [-0.4, -0.2) is 0 Å². The highest BCUT2D eigenvalue weighted by atomic mass is 14.1. The van der Waals surface area contributed by atoms with Crippen LogP contribution in [0.5, 0.6) is 0 Å². The summed E-state index contributed by atoms with van der Waals surface area (Å²) in [7, 11) is 0. The van der Waals surface area contributed by atoms with Gasteiger partial charge in [-0.25, -0.2) is 0 Å². The van der Waals surface area contributed by atoms with Crippen molar-refractivity contribution in [2.45, 2.75) is 155 Å². The fourth-order valence-corrected chi connectivity index (χ4v) is 4.10. The summed E-state index contributed by atoms with van der Waals surface area (Å²) in [6, 6.07) is 0. The lowest BCUT2D eigenvalue weighted by molar-refractivity contribution is 0.404. The van der Waals surface area contributed by atoms with E-state index in [1.807, 2.05) is 0 Å². The molecule has 0 aliphatic heterocycles. The van der Waals surface area contributed by atoms with Gasteiger partial charge in [0.2, 0.25) is 0 Å². The Hall–Kier alpha value is 0. The van der Waals surface area contributed by atoms with E-state index in [1.165, 1.54) is 135 Å². The topological polar surface area (TPSA) is 0 Å². The summed E-state index contributed by atoms with van der Waals surface area (Å²) < 4.78 is 0. The van der Waals surface area contributed by atoms with E-state index in [0.29, 0.717) is 0 Å². The van der Waals surface area contributed by atoms with Crippen molar-refractivity contribution >= 4 is 0 Å². The molecule has 0 rings (SSSR count). The van der Waals surface area contributed by atoms with Crippen molar-refractivity contribution in [2.24, 2.45) is 5.92 Å². The van der Waals surface area contributed by atoms with E-state index in [0.717, 1.165) is 12.3 Å². The second-order valence-electron chi connectivity index (χ2n) is 8.74. The predicted molar refractivity (Wildman–Crippen MR) is 122 cm³/mol. The molecule has 0 saturated carbocycles. The second kappa shape index (κ2) is 23.0. The van der Waals surface area contributed by atoms with E-state index in [4.69, 9.17) is 0 Å². The molecule has 0 aromatic heterocycles.